The van der Waals surface area contributed by atoms with Crippen molar-refractivity contribution in [2.24, 2.45) is 0 Å². The highest BCUT2D eigenvalue weighted by atomic mass is 32.2. The highest BCUT2D eigenvalue weighted by Crippen LogP contribution is 2.36. The highest BCUT2D eigenvalue weighted by molar-refractivity contribution is 7.88. The Kier molecular flexibility index (Phi) is 6.74. The molecule has 1 aromatic carbocycles. The standard InChI is InChI=1S/C29H32N6O4S2/c1-28(2,3)24-15-20(33-39-24)14-21(36)13-18-5-7-19(8-6-18)22-16-35-23-9-10-25(32-26(23)40-27(35)31-22)30-17-29(11-12-29)34-41(4,37)38/h5-10,15-16,34H,11-14,17H2,1-4H3,(H,30,32). The molecule has 5 aromatic rings. The van der Waals surface area contributed by atoms with Gasteiger partial charge >= 0.3 is 0 Å². The number of nitrogens with one attached hydrogen (secondary N) is 2. The number of anilines is 1. The Balaban J connectivity index is 1.11. The first kappa shape index (κ1) is 27.6. The normalized spacial score (nSPS) is 15.0. The molecule has 1 aliphatic carbocycles. The molecule has 0 unspecified atom stereocenters. The number of sulfonamides is 1. The molecule has 0 saturated heterocycles. The molecule has 12 heteroatoms. The number of nitrogens with zero attached hydrogens (tertiary/aromatic N) is 4. The molecule has 0 atom stereocenters. The molecule has 1 aliphatic rings. The molecule has 4 heterocycles. The summed E-state index contributed by atoms with van der Waals surface area (Å²) in [6, 6.07) is 13.7. The Labute approximate surface area is 242 Å². The van der Waals surface area contributed by atoms with Crippen molar-refractivity contribution >= 4 is 48.3 Å². The fraction of sp³-hybridized carbons (Fsp3) is 0.379. The van der Waals surface area contributed by atoms with E-state index in [0.29, 0.717) is 24.5 Å². The molecule has 0 amide bonds. The molecule has 0 radical (unpaired) electrons. The molecule has 214 valence electrons. The molecule has 0 spiro atoms. The Morgan fingerprint density at radius 3 is 2.51 bits per heavy atom. The van der Waals surface area contributed by atoms with Gasteiger partial charge in [-0.25, -0.2) is 23.1 Å². The van der Waals surface area contributed by atoms with Crippen LogP contribution in [0.15, 0.2) is 53.2 Å². The Morgan fingerprint density at radius 2 is 1.85 bits per heavy atom. The van der Waals surface area contributed by atoms with E-state index < -0.39 is 15.6 Å². The lowest BCUT2D eigenvalue weighted by Crippen LogP contribution is -2.41. The van der Waals surface area contributed by atoms with Crippen molar-refractivity contribution in [3.05, 3.63) is 65.7 Å². The molecule has 6 rings (SSSR count). The number of aromatic nitrogens is 4. The minimum absolute atomic E-state index is 0.0841. The number of carbonyl (C=O) groups excluding carboxylic acids is 1. The van der Waals surface area contributed by atoms with Crippen LogP contribution in [-0.2, 0) is 33.1 Å². The summed E-state index contributed by atoms with van der Waals surface area (Å²) in [7, 11) is -3.26. The molecular formula is C29H32N6O4S2. The molecule has 0 bridgehead atoms. The summed E-state index contributed by atoms with van der Waals surface area (Å²) in [6.45, 7) is 6.64. The molecule has 0 aliphatic heterocycles. The topological polar surface area (TPSA) is 131 Å². The smallest absolute Gasteiger partial charge is 0.209 e. The Bertz CT molecular complexity index is 1860. The number of carbonyl (C=O) groups is 1. The van der Waals surface area contributed by atoms with Gasteiger partial charge in [-0.15, -0.1) is 0 Å². The number of benzene rings is 1. The van der Waals surface area contributed by atoms with E-state index in [1.807, 2.05) is 73.8 Å². The maximum atomic E-state index is 12.6. The van der Waals surface area contributed by atoms with Gasteiger partial charge in [0.25, 0.3) is 0 Å². The second-order valence-corrected chi connectivity index (χ2v) is 14.6. The van der Waals surface area contributed by atoms with Crippen LogP contribution in [0.5, 0.6) is 0 Å². The first-order valence-corrected chi connectivity index (χ1v) is 16.2. The largest absolute Gasteiger partial charge is 0.368 e. The summed E-state index contributed by atoms with van der Waals surface area (Å²) in [6.07, 6.45) is 5.37. The zero-order valence-electron chi connectivity index (χ0n) is 23.4. The summed E-state index contributed by atoms with van der Waals surface area (Å²) in [4.78, 5) is 23.9. The summed E-state index contributed by atoms with van der Waals surface area (Å²) < 4.78 is 33.4. The second kappa shape index (κ2) is 10.0. The van der Waals surface area contributed by atoms with E-state index in [1.54, 1.807) is 0 Å². The van der Waals surface area contributed by atoms with E-state index >= 15 is 0 Å². The van der Waals surface area contributed by atoms with Gasteiger partial charge < -0.3 is 9.84 Å². The van der Waals surface area contributed by atoms with Crippen molar-refractivity contribution in [3.8, 4) is 11.3 Å². The van der Waals surface area contributed by atoms with Crippen molar-refractivity contribution in [2.45, 2.75) is 57.4 Å². The van der Waals surface area contributed by atoms with Crippen LogP contribution in [0.1, 0.15) is 50.6 Å². The second-order valence-electron chi connectivity index (χ2n) is 11.9. The third-order valence-electron chi connectivity index (χ3n) is 7.15. The van der Waals surface area contributed by atoms with Crippen LogP contribution >= 0.6 is 11.3 Å². The zero-order valence-corrected chi connectivity index (χ0v) is 25.0. The summed E-state index contributed by atoms with van der Waals surface area (Å²) >= 11 is 1.50. The zero-order chi connectivity index (χ0) is 29.0. The van der Waals surface area contributed by atoms with E-state index in [0.717, 1.165) is 50.7 Å². The van der Waals surface area contributed by atoms with Crippen molar-refractivity contribution in [1.82, 2.24) is 24.2 Å². The molecular weight excluding hydrogens is 560 g/mol. The van der Waals surface area contributed by atoms with Crippen LogP contribution in [0.2, 0.25) is 0 Å². The molecule has 2 N–H and O–H groups in total. The summed E-state index contributed by atoms with van der Waals surface area (Å²) in [5.74, 6) is 1.56. The molecule has 41 heavy (non-hydrogen) atoms. The first-order valence-electron chi connectivity index (χ1n) is 13.4. The lowest BCUT2D eigenvalue weighted by Gasteiger charge is -2.16. The molecule has 1 saturated carbocycles. The lowest BCUT2D eigenvalue weighted by atomic mass is 9.93. The minimum Gasteiger partial charge on any atom is -0.368 e. The quantitative estimate of drug-likeness (QED) is 0.238. The van der Waals surface area contributed by atoms with Crippen LogP contribution in [0.4, 0.5) is 5.82 Å². The number of hydrogen-bond acceptors (Lipinski definition) is 9. The number of imidazole rings is 1. The van der Waals surface area contributed by atoms with Crippen LogP contribution < -0.4 is 10.0 Å². The number of ketones is 1. The van der Waals surface area contributed by atoms with Gasteiger partial charge in [0.15, 0.2) is 4.96 Å². The average Bonchev–Trinajstić information content (AvgIpc) is 3.20. The fourth-order valence-electron chi connectivity index (χ4n) is 4.78. The fourth-order valence-corrected chi connectivity index (χ4v) is 6.82. The van der Waals surface area contributed by atoms with Crippen LogP contribution in [0.25, 0.3) is 26.6 Å². The Morgan fingerprint density at radius 1 is 1.10 bits per heavy atom. The average molecular weight is 593 g/mol. The van der Waals surface area contributed by atoms with Gasteiger partial charge in [-0.2, -0.15) is 0 Å². The van der Waals surface area contributed by atoms with E-state index in [1.165, 1.54) is 17.6 Å². The Hall–Kier alpha value is -3.61. The van der Waals surface area contributed by atoms with Gasteiger partial charge in [0.05, 0.1) is 35.1 Å². The maximum Gasteiger partial charge on any atom is 0.209 e. The van der Waals surface area contributed by atoms with Crippen molar-refractivity contribution in [1.29, 1.82) is 0 Å². The van der Waals surface area contributed by atoms with Crippen LogP contribution in [0, 0.1) is 0 Å². The lowest BCUT2D eigenvalue weighted by molar-refractivity contribution is -0.117. The van der Waals surface area contributed by atoms with Gasteiger partial charge in [-0.1, -0.05) is 61.5 Å². The van der Waals surface area contributed by atoms with Crippen molar-refractivity contribution in [3.63, 3.8) is 0 Å². The summed E-state index contributed by atoms with van der Waals surface area (Å²) in [5.41, 5.74) is 3.81. The third-order valence-corrected chi connectivity index (χ3v) is 8.92. The van der Waals surface area contributed by atoms with Gasteiger partial charge in [0, 0.05) is 36.2 Å². The van der Waals surface area contributed by atoms with E-state index in [9.17, 15) is 13.2 Å². The number of thiazole rings is 1. The van der Waals surface area contributed by atoms with Crippen LogP contribution in [0.3, 0.4) is 0 Å². The SMILES string of the molecule is CC(C)(C)c1cc(CC(=O)Cc2ccc(-c3cn4c(n3)sc3nc(NCC5(NS(C)(=O)=O)CC5)ccc34)cc2)no1. The van der Waals surface area contributed by atoms with E-state index in [-0.39, 0.29) is 17.6 Å². The van der Waals surface area contributed by atoms with Crippen molar-refractivity contribution in [2.75, 3.05) is 18.1 Å². The van der Waals surface area contributed by atoms with E-state index in [2.05, 4.69) is 15.2 Å². The highest BCUT2D eigenvalue weighted by Gasteiger charge is 2.44. The summed E-state index contributed by atoms with van der Waals surface area (Å²) in [5, 5.41) is 7.34. The monoisotopic (exact) mass is 592 g/mol. The van der Waals surface area contributed by atoms with Crippen molar-refractivity contribution < 1.29 is 17.7 Å². The predicted molar refractivity (Wildman–Crippen MR) is 160 cm³/mol. The number of hydrogen-bond donors (Lipinski definition) is 2. The third kappa shape index (κ3) is 6.19. The number of fused-ring (bicyclic) bond motifs is 3. The first-order chi connectivity index (χ1) is 19.4. The minimum atomic E-state index is -3.26. The van der Waals surface area contributed by atoms with E-state index in [4.69, 9.17) is 14.5 Å². The maximum absolute atomic E-state index is 12.6. The van der Waals surface area contributed by atoms with Gasteiger partial charge in [-0.05, 0) is 30.5 Å². The molecule has 4 aromatic heterocycles. The van der Waals surface area contributed by atoms with Gasteiger partial charge in [-0.3, -0.25) is 9.20 Å². The van der Waals surface area contributed by atoms with Gasteiger partial charge in [0.2, 0.25) is 10.0 Å². The number of Topliss-reactive ketones (excluding diaryl/α,β-unsaturated/α-hetero) is 1. The van der Waals surface area contributed by atoms with Gasteiger partial charge in [0.1, 0.15) is 22.2 Å². The number of rotatable bonds is 10. The molecule has 10 nitrogen and oxygen atoms in total. The van der Waals surface area contributed by atoms with Crippen LogP contribution in [-0.4, -0.2) is 52.1 Å². The molecule has 1 fully saturated rings. The predicted octanol–water partition coefficient (Wildman–Crippen LogP) is 4.74. The number of pyridine rings is 1.